The molecule has 6 nitrogen and oxygen atoms in total. The maximum absolute atomic E-state index is 13.3. The van der Waals surface area contributed by atoms with E-state index in [0.29, 0.717) is 31.9 Å². The summed E-state index contributed by atoms with van der Waals surface area (Å²) in [4.78, 5) is 29.5. The topological polar surface area (TPSA) is 70.1 Å². The molecule has 0 bridgehead atoms. The molecule has 0 radical (unpaired) electrons. The molecule has 7 heteroatoms. The van der Waals surface area contributed by atoms with Crippen molar-refractivity contribution in [2.24, 2.45) is 0 Å². The van der Waals surface area contributed by atoms with Gasteiger partial charge in [-0.2, -0.15) is 0 Å². The lowest BCUT2D eigenvalue weighted by Crippen LogP contribution is -2.42. The van der Waals surface area contributed by atoms with Crippen molar-refractivity contribution in [1.29, 1.82) is 0 Å². The van der Waals surface area contributed by atoms with E-state index in [2.05, 4.69) is 4.90 Å². The summed E-state index contributed by atoms with van der Waals surface area (Å²) in [5, 5.41) is 10.9. The quantitative estimate of drug-likeness (QED) is 0.466. The van der Waals surface area contributed by atoms with Crippen LogP contribution < -0.4 is 0 Å². The standard InChI is InChI=1S/C23H23FN2O4/c24-18-8-6-17(7-9-18)21(27)19-20(16-4-2-1-3-5-16)26(23(29)22(19)28)11-10-25-12-14-30-15-13-25/h1-9,20,27H,10-15H2/t20-/m1/s1. The van der Waals surface area contributed by atoms with Gasteiger partial charge in [0.25, 0.3) is 11.7 Å². The van der Waals surface area contributed by atoms with Crippen molar-refractivity contribution in [2.75, 3.05) is 39.4 Å². The number of hydrogen-bond donors (Lipinski definition) is 1. The van der Waals surface area contributed by atoms with Gasteiger partial charge in [-0.1, -0.05) is 30.3 Å². The van der Waals surface area contributed by atoms with Crippen LogP contribution in [0.15, 0.2) is 60.2 Å². The molecule has 2 saturated heterocycles. The number of nitrogens with zero attached hydrogens (tertiary/aromatic N) is 2. The molecule has 0 aliphatic carbocycles. The third-order valence-electron chi connectivity index (χ3n) is 5.53. The van der Waals surface area contributed by atoms with Crippen LogP contribution in [0.25, 0.3) is 5.76 Å². The van der Waals surface area contributed by atoms with E-state index >= 15 is 0 Å². The second-order valence-electron chi connectivity index (χ2n) is 7.36. The average Bonchev–Trinajstić information content (AvgIpc) is 3.04. The number of ether oxygens (including phenoxy) is 1. The molecular formula is C23H23FN2O4. The predicted octanol–water partition coefficient (Wildman–Crippen LogP) is 2.58. The molecule has 0 aromatic heterocycles. The summed E-state index contributed by atoms with van der Waals surface area (Å²) in [6, 6.07) is 13.7. The third-order valence-corrected chi connectivity index (χ3v) is 5.53. The first kappa shape index (κ1) is 20.3. The van der Waals surface area contributed by atoms with Crippen LogP contribution in [0.2, 0.25) is 0 Å². The fourth-order valence-corrected chi connectivity index (χ4v) is 3.93. The van der Waals surface area contributed by atoms with Gasteiger partial charge in [0.05, 0.1) is 24.8 Å². The van der Waals surface area contributed by atoms with E-state index in [0.717, 1.165) is 18.7 Å². The van der Waals surface area contributed by atoms with E-state index in [4.69, 9.17) is 4.74 Å². The van der Waals surface area contributed by atoms with Gasteiger partial charge in [-0.3, -0.25) is 14.5 Å². The number of aliphatic hydroxyl groups excluding tert-OH is 1. The summed E-state index contributed by atoms with van der Waals surface area (Å²) in [6.45, 7) is 3.79. The first-order valence-electron chi connectivity index (χ1n) is 9.95. The monoisotopic (exact) mass is 410 g/mol. The van der Waals surface area contributed by atoms with Crippen molar-refractivity contribution in [1.82, 2.24) is 9.80 Å². The van der Waals surface area contributed by atoms with Gasteiger partial charge >= 0.3 is 0 Å². The Balaban J connectivity index is 1.71. The Hall–Kier alpha value is -3.03. The van der Waals surface area contributed by atoms with Gasteiger partial charge in [0.1, 0.15) is 11.6 Å². The van der Waals surface area contributed by atoms with Crippen molar-refractivity contribution in [3.05, 3.63) is 77.1 Å². The molecule has 2 heterocycles. The number of aliphatic hydroxyl groups is 1. The van der Waals surface area contributed by atoms with Crippen LogP contribution in [0.1, 0.15) is 17.2 Å². The van der Waals surface area contributed by atoms with E-state index in [9.17, 15) is 19.1 Å². The number of rotatable bonds is 5. The fraction of sp³-hybridized carbons (Fsp3) is 0.304. The maximum atomic E-state index is 13.3. The minimum Gasteiger partial charge on any atom is -0.507 e. The van der Waals surface area contributed by atoms with Crippen LogP contribution in [0.3, 0.4) is 0 Å². The Labute approximate surface area is 174 Å². The first-order valence-corrected chi connectivity index (χ1v) is 9.95. The van der Waals surface area contributed by atoms with Crippen molar-refractivity contribution in [3.8, 4) is 0 Å². The SMILES string of the molecule is O=C1C(=O)N(CCN2CCOCC2)[C@H](c2ccccc2)C1=C(O)c1ccc(F)cc1. The zero-order valence-corrected chi connectivity index (χ0v) is 16.5. The molecule has 2 aliphatic heterocycles. The smallest absolute Gasteiger partial charge is 0.295 e. The van der Waals surface area contributed by atoms with E-state index in [1.807, 2.05) is 30.3 Å². The van der Waals surface area contributed by atoms with E-state index in [-0.39, 0.29) is 11.3 Å². The van der Waals surface area contributed by atoms with Gasteiger partial charge in [-0.25, -0.2) is 4.39 Å². The Bertz CT molecular complexity index is 953. The van der Waals surface area contributed by atoms with Crippen molar-refractivity contribution < 1.29 is 23.8 Å². The Kier molecular flexibility index (Phi) is 5.92. The van der Waals surface area contributed by atoms with Gasteiger partial charge in [-0.05, 0) is 29.8 Å². The Morgan fingerprint density at radius 2 is 1.67 bits per heavy atom. The predicted molar refractivity (Wildman–Crippen MR) is 109 cm³/mol. The number of carbonyl (C=O) groups excluding carboxylic acids is 2. The number of likely N-dealkylation sites (tertiary alicyclic amines) is 1. The molecule has 2 aromatic rings. The lowest BCUT2D eigenvalue weighted by molar-refractivity contribution is -0.140. The van der Waals surface area contributed by atoms with Gasteiger partial charge in [0.15, 0.2) is 0 Å². The molecule has 30 heavy (non-hydrogen) atoms. The van der Waals surface area contributed by atoms with Crippen LogP contribution in [0.5, 0.6) is 0 Å². The van der Waals surface area contributed by atoms with Crippen molar-refractivity contribution in [3.63, 3.8) is 0 Å². The normalized spacial score (nSPS) is 21.9. The minimum atomic E-state index is -0.729. The van der Waals surface area contributed by atoms with E-state index in [1.54, 1.807) is 0 Å². The molecule has 2 aliphatic rings. The molecule has 1 atom stereocenters. The van der Waals surface area contributed by atoms with E-state index in [1.165, 1.54) is 29.2 Å². The average molecular weight is 410 g/mol. The van der Waals surface area contributed by atoms with Gasteiger partial charge in [0, 0.05) is 31.7 Å². The molecule has 0 saturated carbocycles. The number of ketones is 1. The Morgan fingerprint density at radius 3 is 2.33 bits per heavy atom. The van der Waals surface area contributed by atoms with Gasteiger partial charge in [0.2, 0.25) is 0 Å². The summed E-state index contributed by atoms with van der Waals surface area (Å²) in [6.07, 6.45) is 0. The largest absolute Gasteiger partial charge is 0.507 e. The van der Waals surface area contributed by atoms with Gasteiger partial charge < -0.3 is 14.7 Å². The number of morpholine rings is 1. The molecular weight excluding hydrogens is 387 g/mol. The summed E-state index contributed by atoms with van der Waals surface area (Å²) < 4.78 is 18.7. The second kappa shape index (κ2) is 8.77. The fourth-order valence-electron chi connectivity index (χ4n) is 3.93. The maximum Gasteiger partial charge on any atom is 0.295 e. The molecule has 0 spiro atoms. The first-order chi connectivity index (χ1) is 14.6. The number of amides is 1. The Morgan fingerprint density at radius 1 is 1.00 bits per heavy atom. The van der Waals surface area contributed by atoms with Crippen LogP contribution in [0, 0.1) is 5.82 Å². The van der Waals surface area contributed by atoms with Crippen LogP contribution in [-0.4, -0.2) is 66.0 Å². The highest BCUT2D eigenvalue weighted by atomic mass is 19.1. The molecule has 2 fully saturated rings. The highest BCUT2D eigenvalue weighted by Crippen LogP contribution is 2.39. The lowest BCUT2D eigenvalue weighted by Gasteiger charge is -2.31. The van der Waals surface area contributed by atoms with Crippen LogP contribution in [-0.2, 0) is 14.3 Å². The molecule has 1 amide bonds. The molecule has 2 aromatic carbocycles. The zero-order valence-electron chi connectivity index (χ0n) is 16.5. The van der Waals surface area contributed by atoms with Crippen molar-refractivity contribution >= 4 is 17.4 Å². The van der Waals surface area contributed by atoms with Crippen molar-refractivity contribution in [2.45, 2.75) is 6.04 Å². The number of carbonyl (C=O) groups is 2. The molecule has 1 N–H and O–H groups in total. The highest BCUT2D eigenvalue weighted by Gasteiger charge is 2.45. The zero-order chi connectivity index (χ0) is 21.1. The number of benzene rings is 2. The summed E-state index contributed by atoms with van der Waals surface area (Å²) in [7, 11) is 0. The molecule has 156 valence electrons. The number of hydrogen-bond acceptors (Lipinski definition) is 5. The van der Waals surface area contributed by atoms with Crippen LogP contribution >= 0.6 is 0 Å². The minimum absolute atomic E-state index is 0.0276. The van der Waals surface area contributed by atoms with Crippen LogP contribution in [0.4, 0.5) is 4.39 Å². The summed E-state index contributed by atoms with van der Waals surface area (Å²) in [5.74, 6) is -2.11. The summed E-state index contributed by atoms with van der Waals surface area (Å²) >= 11 is 0. The highest BCUT2D eigenvalue weighted by molar-refractivity contribution is 6.46. The lowest BCUT2D eigenvalue weighted by atomic mass is 9.95. The number of Topliss-reactive ketones (excluding diaryl/α,β-unsaturated/α-hetero) is 1. The molecule has 4 rings (SSSR count). The summed E-state index contributed by atoms with van der Waals surface area (Å²) in [5.41, 5.74) is 1.06. The number of halogens is 1. The second-order valence-corrected chi connectivity index (χ2v) is 7.36. The van der Waals surface area contributed by atoms with E-state index < -0.39 is 23.5 Å². The third kappa shape index (κ3) is 3.99. The van der Waals surface area contributed by atoms with Gasteiger partial charge in [-0.15, -0.1) is 0 Å². The molecule has 0 unspecified atom stereocenters.